The molecule has 0 aromatic heterocycles. The van der Waals surface area contributed by atoms with Gasteiger partial charge in [0.1, 0.15) is 0 Å². The molecule has 1 aliphatic heterocycles. The van der Waals surface area contributed by atoms with Gasteiger partial charge in [0.2, 0.25) is 0 Å². The van der Waals surface area contributed by atoms with Crippen LogP contribution in [0.2, 0.25) is 0 Å². The van der Waals surface area contributed by atoms with E-state index in [0.717, 1.165) is 0 Å². The Bertz CT molecular complexity index is 225. The SMILES string of the molecule is CC1=CC(N)=CN(N)C1(C)C. The van der Waals surface area contributed by atoms with E-state index in [4.69, 9.17) is 11.6 Å². The van der Waals surface area contributed by atoms with Crippen molar-refractivity contribution in [2.45, 2.75) is 26.3 Å². The molecule has 0 spiro atoms. The number of rotatable bonds is 0. The predicted molar refractivity (Wildman–Crippen MR) is 46.1 cm³/mol. The van der Waals surface area contributed by atoms with Gasteiger partial charge in [-0.3, -0.25) is 0 Å². The molecule has 0 aromatic rings. The number of nitrogens with zero attached hydrogens (tertiary/aromatic N) is 1. The molecule has 4 N–H and O–H groups in total. The van der Waals surface area contributed by atoms with Crippen molar-refractivity contribution in [3.8, 4) is 0 Å². The summed E-state index contributed by atoms with van der Waals surface area (Å²) < 4.78 is 0. The minimum atomic E-state index is -0.108. The van der Waals surface area contributed by atoms with Gasteiger partial charge in [0.05, 0.1) is 5.54 Å². The molecule has 0 aromatic carbocycles. The van der Waals surface area contributed by atoms with Gasteiger partial charge in [0.15, 0.2) is 0 Å². The lowest BCUT2D eigenvalue weighted by atomic mass is 9.92. The van der Waals surface area contributed by atoms with Crippen molar-refractivity contribution < 1.29 is 0 Å². The summed E-state index contributed by atoms with van der Waals surface area (Å²) in [6.45, 7) is 6.14. The molecule has 0 saturated heterocycles. The van der Waals surface area contributed by atoms with Gasteiger partial charge in [-0.1, -0.05) is 0 Å². The zero-order chi connectivity index (χ0) is 8.65. The maximum Gasteiger partial charge on any atom is 0.0708 e. The van der Waals surface area contributed by atoms with Crippen LogP contribution < -0.4 is 11.6 Å². The second-order valence-electron chi connectivity index (χ2n) is 3.42. The predicted octanol–water partition coefficient (Wildman–Crippen LogP) is 0.701. The summed E-state index contributed by atoms with van der Waals surface area (Å²) >= 11 is 0. The van der Waals surface area contributed by atoms with Crippen molar-refractivity contribution in [1.29, 1.82) is 0 Å². The third-order valence-corrected chi connectivity index (χ3v) is 2.28. The summed E-state index contributed by atoms with van der Waals surface area (Å²) in [5.41, 5.74) is 7.38. The van der Waals surface area contributed by atoms with E-state index < -0.39 is 0 Å². The number of hydrogen-bond acceptors (Lipinski definition) is 3. The first-order chi connectivity index (χ1) is 4.94. The first kappa shape index (κ1) is 8.14. The first-order valence-electron chi connectivity index (χ1n) is 3.64. The van der Waals surface area contributed by atoms with E-state index in [1.165, 1.54) is 5.57 Å². The second-order valence-corrected chi connectivity index (χ2v) is 3.42. The quantitative estimate of drug-likeness (QED) is 0.504. The third-order valence-electron chi connectivity index (χ3n) is 2.28. The van der Waals surface area contributed by atoms with Crippen molar-refractivity contribution >= 4 is 0 Å². The number of hydrazine groups is 1. The fourth-order valence-electron chi connectivity index (χ4n) is 0.989. The molecule has 11 heavy (non-hydrogen) atoms. The highest BCUT2D eigenvalue weighted by molar-refractivity contribution is 5.30. The van der Waals surface area contributed by atoms with Gasteiger partial charge >= 0.3 is 0 Å². The van der Waals surface area contributed by atoms with Crippen LogP contribution in [0.1, 0.15) is 20.8 Å². The van der Waals surface area contributed by atoms with Crippen LogP contribution in [0.5, 0.6) is 0 Å². The summed E-state index contributed by atoms with van der Waals surface area (Å²) in [5, 5.41) is 1.64. The maximum atomic E-state index is 5.73. The fourth-order valence-corrected chi connectivity index (χ4v) is 0.989. The lowest BCUT2D eigenvalue weighted by Gasteiger charge is -2.37. The number of nitrogens with two attached hydrogens (primary N) is 2. The molecular weight excluding hydrogens is 138 g/mol. The molecule has 62 valence electrons. The Morgan fingerprint density at radius 2 is 2.00 bits per heavy atom. The van der Waals surface area contributed by atoms with Gasteiger partial charge in [-0.2, -0.15) is 0 Å². The van der Waals surface area contributed by atoms with Gasteiger partial charge in [0, 0.05) is 11.9 Å². The van der Waals surface area contributed by atoms with Crippen LogP contribution in [0.3, 0.4) is 0 Å². The summed E-state index contributed by atoms with van der Waals surface area (Å²) in [4.78, 5) is 0. The zero-order valence-electron chi connectivity index (χ0n) is 7.26. The molecule has 1 heterocycles. The normalized spacial score (nSPS) is 22.7. The Morgan fingerprint density at radius 3 is 2.45 bits per heavy atom. The average molecular weight is 153 g/mol. The Kier molecular flexibility index (Phi) is 1.68. The molecule has 0 unspecified atom stereocenters. The van der Waals surface area contributed by atoms with Crippen molar-refractivity contribution in [1.82, 2.24) is 5.01 Å². The maximum absolute atomic E-state index is 5.73. The van der Waals surface area contributed by atoms with Crippen molar-refractivity contribution in [3.05, 3.63) is 23.5 Å². The van der Waals surface area contributed by atoms with E-state index in [2.05, 4.69) is 13.8 Å². The highest BCUT2D eigenvalue weighted by atomic mass is 15.4. The van der Waals surface area contributed by atoms with Crippen LogP contribution in [-0.4, -0.2) is 10.5 Å². The summed E-state index contributed by atoms with van der Waals surface area (Å²) in [7, 11) is 0. The van der Waals surface area contributed by atoms with Gasteiger partial charge < -0.3 is 10.7 Å². The molecule has 1 rings (SSSR count). The largest absolute Gasteiger partial charge is 0.398 e. The van der Waals surface area contributed by atoms with Gasteiger partial charge in [-0.05, 0) is 32.4 Å². The summed E-state index contributed by atoms with van der Waals surface area (Å²) in [6, 6.07) is 0. The van der Waals surface area contributed by atoms with Crippen molar-refractivity contribution in [2.75, 3.05) is 0 Å². The van der Waals surface area contributed by atoms with E-state index >= 15 is 0 Å². The molecule has 0 atom stereocenters. The molecule has 0 aliphatic carbocycles. The molecule has 0 saturated carbocycles. The van der Waals surface area contributed by atoms with Crippen LogP contribution in [0, 0.1) is 0 Å². The van der Waals surface area contributed by atoms with E-state index in [1.807, 2.05) is 13.0 Å². The van der Waals surface area contributed by atoms with E-state index in [0.29, 0.717) is 5.70 Å². The van der Waals surface area contributed by atoms with E-state index in [1.54, 1.807) is 11.2 Å². The Labute approximate surface area is 67.3 Å². The van der Waals surface area contributed by atoms with E-state index in [9.17, 15) is 0 Å². The third kappa shape index (κ3) is 1.24. The number of allylic oxidation sites excluding steroid dienone is 1. The molecule has 3 heteroatoms. The minimum Gasteiger partial charge on any atom is -0.398 e. The lowest BCUT2D eigenvalue weighted by Crippen LogP contribution is -2.48. The molecule has 0 fully saturated rings. The van der Waals surface area contributed by atoms with Crippen LogP contribution in [0.4, 0.5) is 0 Å². The van der Waals surface area contributed by atoms with Crippen LogP contribution in [-0.2, 0) is 0 Å². The molecule has 3 nitrogen and oxygen atoms in total. The van der Waals surface area contributed by atoms with Crippen molar-refractivity contribution in [2.24, 2.45) is 11.6 Å². The summed E-state index contributed by atoms with van der Waals surface area (Å²) in [6.07, 6.45) is 3.69. The Hall–Kier alpha value is -0.960. The van der Waals surface area contributed by atoms with E-state index in [-0.39, 0.29) is 5.54 Å². The Balaban J connectivity index is 3.01. The van der Waals surface area contributed by atoms with Crippen molar-refractivity contribution in [3.63, 3.8) is 0 Å². The van der Waals surface area contributed by atoms with Crippen LogP contribution in [0.25, 0.3) is 0 Å². The standard InChI is InChI=1S/C8H15N3/c1-6-4-7(9)5-11(10)8(6,2)3/h4-5H,9-10H2,1-3H3. The molecular formula is C8H15N3. The van der Waals surface area contributed by atoms with Crippen LogP contribution >= 0.6 is 0 Å². The number of hydrogen-bond donors (Lipinski definition) is 2. The highest BCUT2D eigenvalue weighted by Gasteiger charge is 2.27. The molecule has 1 aliphatic rings. The molecule has 0 bridgehead atoms. The Morgan fingerprint density at radius 1 is 1.45 bits per heavy atom. The smallest absolute Gasteiger partial charge is 0.0708 e. The average Bonchev–Trinajstić information content (AvgIpc) is 1.84. The van der Waals surface area contributed by atoms with Gasteiger partial charge in [-0.25, -0.2) is 5.84 Å². The lowest BCUT2D eigenvalue weighted by molar-refractivity contribution is 0.222. The summed E-state index contributed by atoms with van der Waals surface area (Å²) in [5.74, 6) is 5.73. The molecule has 0 amide bonds. The topological polar surface area (TPSA) is 55.3 Å². The fraction of sp³-hybridized carbons (Fsp3) is 0.500. The minimum absolute atomic E-state index is 0.108. The van der Waals surface area contributed by atoms with Crippen LogP contribution in [0.15, 0.2) is 23.5 Å². The second kappa shape index (κ2) is 2.27. The highest BCUT2D eigenvalue weighted by Crippen LogP contribution is 2.25. The first-order valence-corrected chi connectivity index (χ1v) is 3.64. The zero-order valence-corrected chi connectivity index (χ0v) is 7.26. The van der Waals surface area contributed by atoms with Gasteiger partial charge in [-0.15, -0.1) is 0 Å². The molecule has 0 radical (unpaired) electrons. The monoisotopic (exact) mass is 153 g/mol. The van der Waals surface area contributed by atoms with Gasteiger partial charge in [0.25, 0.3) is 0 Å².